The maximum Gasteiger partial charge on any atom is 0.417 e. The minimum absolute atomic E-state index is 0.0212. The quantitative estimate of drug-likeness (QED) is 0.193. The normalized spacial score (nSPS) is 11.9. The Balaban J connectivity index is 1.71. The van der Waals surface area contributed by atoms with Crippen molar-refractivity contribution in [3.05, 3.63) is 102 Å². The number of nitrogens with two attached hydrogens (primary N) is 1. The van der Waals surface area contributed by atoms with Crippen molar-refractivity contribution in [1.82, 2.24) is 9.38 Å². The van der Waals surface area contributed by atoms with Gasteiger partial charge in [-0.1, -0.05) is 12.1 Å². The third kappa shape index (κ3) is 3.45. The molecular formula is C25H14F5N3O. The number of hydrogen-bond acceptors (Lipinski definition) is 3. The number of alkyl halides is 3. The highest BCUT2D eigenvalue weighted by Crippen LogP contribution is 2.40. The molecule has 0 amide bonds. The molecule has 0 bridgehead atoms. The zero-order chi connectivity index (χ0) is 24.2. The standard InChI is InChI=1S/C25H14F5N3O/c26-18-10-14(11-19(27)23(18)31)24(34)22-6-5-21-15(4-2-8-33(21)22)16-12-20-13(3-1-7-32-20)9-17(16)25(28,29)30/h1-12H,31H2. The molecule has 0 saturated heterocycles. The smallest absolute Gasteiger partial charge is 0.394 e. The van der Waals surface area contributed by atoms with Crippen LogP contribution in [0.1, 0.15) is 21.6 Å². The Kier molecular flexibility index (Phi) is 4.85. The molecule has 9 heteroatoms. The van der Waals surface area contributed by atoms with Gasteiger partial charge in [0.2, 0.25) is 5.78 Å². The first-order valence-corrected chi connectivity index (χ1v) is 10.0. The summed E-state index contributed by atoms with van der Waals surface area (Å²) in [5.74, 6) is -2.88. The number of nitrogen functional groups attached to an aromatic ring is 1. The van der Waals surface area contributed by atoms with Gasteiger partial charge in [-0.15, -0.1) is 0 Å². The van der Waals surface area contributed by atoms with E-state index in [2.05, 4.69) is 4.98 Å². The van der Waals surface area contributed by atoms with E-state index in [1.54, 1.807) is 12.1 Å². The minimum Gasteiger partial charge on any atom is -0.394 e. The fourth-order valence-electron chi connectivity index (χ4n) is 3.99. The van der Waals surface area contributed by atoms with Crippen LogP contribution < -0.4 is 5.73 Å². The van der Waals surface area contributed by atoms with E-state index < -0.39 is 34.8 Å². The second-order valence-electron chi connectivity index (χ2n) is 7.67. The Labute approximate surface area is 189 Å². The molecule has 0 fully saturated rings. The maximum atomic E-state index is 14.0. The van der Waals surface area contributed by atoms with Gasteiger partial charge in [0.1, 0.15) is 17.3 Å². The van der Waals surface area contributed by atoms with Crippen LogP contribution in [0.5, 0.6) is 0 Å². The van der Waals surface area contributed by atoms with Crippen molar-refractivity contribution in [2.45, 2.75) is 6.18 Å². The van der Waals surface area contributed by atoms with Crippen molar-refractivity contribution in [3.8, 4) is 11.1 Å². The number of benzene rings is 2. The van der Waals surface area contributed by atoms with Crippen molar-refractivity contribution in [3.63, 3.8) is 0 Å². The Morgan fingerprint density at radius 3 is 2.35 bits per heavy atom. The van der Waals surface area contributed by atoms with Crippen LogP contribution in [0.25, 0.3) is 27.5 Å². The molecule has 0 saturated carbocycles. The van der Waals surface area contributed by atoms with Gasteiger partial charge < -0.3 is 10.1 Å². The third-order valence-corrected chi connectivity index (χ3v) is 5.60. The monoisotopic (exact) mass is 467 g/mol. The molecule has 0 aliphatic rings. The van der Waals surface area contributed by atoms with Gasteiger partial charge >= 0.3 is 6.18 Å². The summed E-state index contributed by atoms with van der Waals surface area (Å²) in [5.41, 5.74) is 4.26. The zero-order valence-electron chi connectivity index (χ0n) is 17.2. The molecule has 0 radical (unpaired) electrons. The largest absolute Gasteiger partial charge is 0.417 e. The van der Waals surface area contributed by atoms with Crippen LogP contribution in [0.3, 0.4) is 0 Å². The predicted octanol–water partition coefficient (Wildman–Crippen LogP) is 6.26. The van der Waals surface area contributed by atoms with Crippen molar-refractivity contribution < 1.29 is 26.7 Å². The Hall–Kier alpha value is -4.27. The number of aromatic nitrogens is 2. The average Bonchev–Trinajstić information content (AvgIpc) is 3.24. The topological polar surface area (TPSA) is 60.4 Å². The number of ketones is 1. The number of pyridine rings is 2. The molecule has 0 spiro atoms. The van der Waals surface area contributed by atoms with Crippen LogP contribution in [0.2, 0.25) is 0 Å². The lowest BCUT2D eigenvalue weighted by molar-refractivity contribution is -0.137. The van der Waals surface area contributed by atoms with Crippen LogP contribution in [0.15, 0.2) is 73.1 Å². The van der Waals surface area contributed by atoms with E-state index in [0.29, 0.717) is 16.4 Å². The molecule has 3 heterocycles. The van der Waals surface area contributed by atoms with Crippen LogP contribution in [-0.4, -0.2) is 15.2 Å². The van der Waals surface area contributed by atoms with Gasteiger partial charge in [-0.3, -0.25) is 9.78 Å². The molecule has 170 valence electrons. The van der Waals surface area contributed by atoms with E-state index in [9.17, 15) is 26.7 Å². The Morgan fingerprint density at radius 2 is 1.65 bits per heavy atom. The molecule has 4 nitrogen and oxygen atoms in total. The van der Waals surface area contributed by atoms with E-state index in [-0.39, 0.29) is 22.4 Å². The van der Waals surface area contributed by atoms with E-state index in [1.807, 2.05) is 0 Å². The molecule has 2 aromatic carbocycles. The highest BCUT2D eigenvalue weighted by atomic mass is 19.4. The molecule has 0 atom stereocenters. The van der Waals surface area contributed by atoms with Gasteiger partial charge in [-0.25, -0.2) is 8.78 Å². The lowest BCUT2D eigenvalue weighted by atomic mass is 9.96. The molecule has 5 aromatic rings. The number of anilines is 1. The molecule has 0 aliphatic heterocycles. The maximum absolute atomic E-state index is 14.0. The van der Waals surface area contributed by atoms with Crippen LogP contribution in [0.4, 0.5) is 27.6 Å². The molecule has 2 N–H and O–H groups in total. The van der Waals surface area contributed by atoms with Gasteiger partial charge in [-0.2, -0.15) is 13.2 Å². The molecule has 34 heavy (non-hydrogen) atoms. The van der Waals surface area contributed by atoms with Crippen LogP contribution >= 0.6 is 0 Å². The highest BCUT2D eigenvalue weighted by molar-refractivity contribution is 6.09. The number of carbonyl (C=O) groups excluding carboxylic acids is 1. The second kappa shape index (κ2) is 7.65. The number of halogens is 5. The fourth-order valence-corrected chi connectivity index (χ4v) is 3.99. The van der Waals surface area contributed by atoms with Crippen LogP contribution in [-0.2, 0) is 6.18 Å². The number of carbonyl (C=O) groups is 1. The summed E-state index contributed by atoms with van der Waals surface area (Å²) in [6.07, 6.45) is -1.67. The summed E-state index contributed by atoms with van der Waals surface area (Å²) < 4.78 is 71.0. The minimum atomic E-state index is -4.64. The summed E-state index contributed by atoms with van der Waals surface area (Å²) in [4.78, 5) is 17.2. The number of hydrogen-bond donors (Lipinski definition) is 1. The molecule has 0 aliphatic carbocycles. The fraction of sp³-hybridized carbons (Fsp3) is 0.0400. The van der Waals surface area contributed by atoms with E-state index >= 15 is 0 Å². The van der Waals surface area contributed by atoms with Gasteiger partial charge in [0.25, 0.3) is 0 Å². The van der Waals surface area contributed by atoms with Gasteiger partial charge in [0.05, 0.1) is 22.3 Å². The Bertz CT molecular complexity index is 1580. The number of rotatable bonds is 3. The SMILES string of the molecule is Nc1c(F)cc(C(=O)c2ccc3c(-c4cc5ncccc5cc4C(F)(F)F)cccn23)cc1F. The van der Waals surface area contributed by atoms with Crippen molar-refractivity contribution in [2.75, 3.05) is 5.73 Å². The first-order valence-electron chi connectivity index (χ1n) is 10.0. The summed E-state index contributed by atoms with van der Waals surface area (Å²) >= 11 is 0. The lowest BCUT2D eigenvalue weighted by Crippen LogP contribution is -2.09. The first kappa shape index (κ1) is 21.6. The first-order chi connectivity index (χ1) is 16.1. The molecular weight excluding hydrogens is 453 g/mol. The number of nitrogens with zero attached hydrogens (tertiary/aromatic N) is 2. The Morgan fingerprint density at radius 1 is 0.912 bits per heavy atom. The van der Waals surface area contributed by atoms with E-state index in [0.717, 1.165) is 18.2 Å². The summed E-state index contributed by atoms with van der Waals surface area (Å²) in [6.45, 7) is 0. The zero-order valence-corrected chi connectivity index (χ0v) is 17.2. The molecule has 3 aromatic heterocycles. The second-order valence-corrected chi connectivity index (χ2v) is 7.67. The molecule has 5 rings (SSSR count). The summed E-state index contributed by atoms with van der Waals surface area (Å²) in [7, 11) is 0. The van der Waals surface area contributed by atoms with E-state index in [4.69, 9.17) is 5.73 Å². The van der Waals surface area contributed by atoms with Crippen molar-refractivity contribution in [2.24, 2.45) is 0 Å². The molecule has 0 unspecified atom stereocenters. The number of fused-ring (bicyclic) bond motifs is 2. The predicted molar refractivity (Wildman–Crippen MR) is 117 cm³/mol. The van der Waals surface area contributed by atoms with Gasteiger partial charge in [-0.05, 0) is 54.1 Å². The average molecular weight is 467 g/mol. The van der Waals surface area contributed by atoms with E-state index in [1.165, 1.54) is 47.1 Å². The summed E-state index contributed by atoms with van der Waals surface area (Å²) in [6, 6.07) is 13.0. The van der Waals surface area contributed by atoms with Gasteiger partial charge in [0.15, 0.2) is 0 Å². The third-order valence-electron chi connectivity index (χ3n) is 5.60. The van der Waals surface area contributed by atoms with Crippen molar-refractivity contribution in [1.29, 1.82) is 0 Å². The highest BCUT2D eigenvalue weighted by Gasteiger charge is 2.34. The van der Waals surface area contributed by atoms with Crippen LogP contribution in [0, 0.1) is 11.6 Å². The van der Waals surface area contributed by atoms with Crippen molar-refractivity contribution >= 4 is 27.9 Å². The van der Waals surface area contributed by atoms with Gasteiger partial charge in [0, 0.05) is 28.9 Å². The lowest BCUT2D eigenvalue weighted by Gasteiger charge is -2.16. The summed E-state index contributed by atoms with van der Waals surface area (Å²) in [5, 5.41) is 0.337.